The lowest BCUT2D eigenvalue weighted by Gasteiger charge is -2.09. The Kier molecular flexibility index (Phi) is 4.56. The van der Waals surface area contributed by atoms with Crippen LogP contribution >= 0.6 is 23.5 Å². The first kappa shape index (κ1) is 13.3. The molecular formula is C13H13NO2S2. The second-order valence-electron chi connectivity index (χ2n) is 3.87. The standard InChI is InChI=1S/C13H13NO2S2/c1-9(8-14)16-12(15)10-2-4-11(5-3-10)13-17-6-7-18-13/h2-5,9,13H,6-7H2,1H3/t9-/m1/s1. The molecule has 0 aromatic heterocycles. The van der Waals surface area contributed by atoms with Crippen LogP contribution in [0.5, 0.6) is 0 Å². The van der Waals surface area contributed by atoms with Crippen molar-refractivity contribution in [2.45, 2.75) is 17.6 Å². The van der Waals surface area contributed by atoms with Crippen LogP contribution in [0.2, 0.25) is 0 Å². The number of hydrogen-bond donors (Lipinski definition) is 0. The van der Waals surface area contributed by atoms with Gasteiger partial charge in [0.25, 0.3) is 0 Å². The first-order valence-corrected chi connectivity index (χ1v) is 7.74. The van der Waals surface area contributed by atoms with Crippen LogP contribution in [0.3, 0.4) is 0 Å². The molecule has 94 valence electrons. The second kappa shape index (κ2) is 6.17. The zero-order valence-corrected chi connectivity index (χ0v) is 11.6. The molecule has 5 heteroatoms. The van der Waals surface area contributed by atoms with Gasteiger partial charge >= 0.3 is 5.97 Å². The molecule has 1 saturated heterocycles. The summed E-state index contributed by atoms with van der Waals surface area (Å²) in [5.74, 6) is 1.92. The van der Waals surface area contributed by atoms with Gasteiger partial charge in [0.15, 0.2) is 6.10 Å². The minimum atomic E-state index is -0.710. The number of hydrogen-bond acceptors (Lipinski definition) is 5. The predicted molar refractivity (Wildman–Crippen MR) is 74.6 cm³/mol. The van der Waals surface area contributed by atoms with Gasteiger partial charge in [0.2, 0.25) is 0 Å². The van der Waals surface area contributed by atoms with Gasteiger partial charge in [-0.3, -0.25) is 0 Å². The normalized spacial score (nSPS) is 17.1. The first-order valence-electron chi connectivity index (χ1n) is 5.64. The molecule has 2 rings (SSSR count). The number of ether oxygens (including phenoxy) is 1. The Bertz CT molecular complexity index is 461. The summed E-state index contributed by atoms with van der Waals surface area (Å²) in [6, 6.07) is 9.33. The molecule has 18 heavy (non-hydrogen) atoms. The summed E-state index contributed by atoms with van der Waals surface area (Å²) in [6.45, 7) is 1.55. The van der Waals surface area contributed by atoms with Crippen LogP contribution in [-0.2, 0) is 4.74 Å². The largest absolute Gasteiger partial charge is 0.444 e. The van der Waals surface area contributed by atoms with E-state index in [1.165, 1.54) is 17.1 Å². The van der Waals surface area contributed by atoms with Crippen molar-refractivity contribution in [3.63, 3.8) is 0 Å². The van der Waals surface area contributed by atoms with E-state index in [-0.39, 0.29) is 0 Å². The molecule has 0 N–H and O–H groups in total. The molecule has 1 atom stereocenters. The molecule has 0 unspecified atom stereocenters. The smallest absolute Gasteiger partial charge is 0.339 e. The molecule has 1 aromatic rings. The molecule has 1 heterocycles. The van der Waals surface area contributed by atoms with Gasteiger partial charge in [0, 0.05) is 11.5 Å². The van der Waals surface area contributed by atoms with Gasteiger partial charge in [-0.15, -0.1) is 23.5 Å². The zero-order valence-electron chi connectivity index (χ0n) is 9.96. The van der Waals surface area contributed by atoms with Gasteiger partial charge in [0.05, 0.1) is 10.1 Å². The number of carbonyl (C=O) groups excluding carboxylic acids is 1. The zero-order chi connectivity index (χ0) is 13.0. The summed E-state index contributed by atoms with van der Waals surface area (Å²) in [4.78, 5) is 11.7. The summed E-state index contributed by atoms with van der Waals surface area (Å²) in [5, 5.41) is 8.59. The first-order chi connectivity index (χ1) is 8.70. The van der Waals surface area contributed by atoms with E-state index in [2.05, 4.69) is 0 Å². The van der Waals surface area contributed by atoms with E-state index < -0.39 is 12.1 Å². The van der Waals surface area contributed by atoms with Crippen LogP contribution in [0.1, 0.15) is 27.4 Å². The summed E-state index contributed by atoms with van der Waals surface area (Å²) in [5.41, 5.74) is 1.72. The predicted octanol–water partition coefficient (Wildman–Crippen LogP) is 3.23. The lowest BCUT2D eigenvalue weighted by Crippen LogP contribution is -2.12. The Morgan fingerprint density at radius 3 is 2.56 bits per heavy atom. The van der Waals surface area contributed by atoms with Crippen LogP contribution in [0.25, 0.3) is 0 Å². The third-order valence-corrected chi connectivity index (χ3v) is 5.61. The third kappa shape index (κ3) is 3.21. The molecule has 0 aliphatic carbocycles. The lowest BCUT2D eigenvalue weighted by atomic mass is 10.1. The van der Waals surface area contributed by atoms with Gasteiger partial charge in [-0.25, -0.2) is 4.79 Å². The maximum absolute atomic E-state index is 11.7. The second-order valence-corrected chi connectivity index (χ2v) is 6.60. The van der Waals surface area contributed by atoms with Crippen molar-refractivity contribution in [2.75, 3.05) is 11.5 Å². The van der Waals surface area contributed by atoms with E-state index in [1.807, 2.05) is 41.7 Å². The van der Waals surface area contributed by atoms with Crippen LogP contribution in [-0.4, -0.2) is 23.6 Å². The Morgan fingerprint density at radius 2 is 2.00 bits per heavy atom. The lowest BCUT2D eigenvalue weighted by molar-refractivity contribution is 0.0435. The molecule has 1 aliphatic heterocycles. The highest BCUT2D eigenvalue weighted by Crippen LogP contribution is 2.45. The highest BCUT2D eigenvalue weighted by molar-refractivity contribution is 8.19. The molecule has 0 spiro atoms. The Labute approximate surface area is 115 Å². The molecule has 0 amide bonds. The van der Waals surface area contributed by atoms with Crippen molar-refractivity contribution in [2.24, 2.45) is 0 Å². The van der Waals surface area contributed by atoms with E-state index in [1.54, 1.807) is 19.1 Å². The average Bonchev–Trinajstić information content (AvgIpc) is 2.92. The van der Waals surface area contributed by atoms with Crippen molar-refractivity contribution in [1.82, 2.24) is 0 Å². The molecule has 1 aliphatic rings. The highest BCUT2D eigenvalue weighted by atomic mass is 32.2. The number of carbonyl (C=O) groups is 1. The van der Waals surface area contributed by atoms with Crippen molar-refractivity contribution in [3.05, 3.63) is 35.4 Å². The maximum Gasteiger partial charge on any atom is 0.339 e. The number of thioether (sulfide) groups is 2. The summed E-state index contributed by atoms with van der Waals surface area (Å²) >= 11 is 3.86. The minimum absolute atomic E-state index is 0.442. The van der Waals surface area contributed by atoms with Crippen molar-refractivity contribution < 1.29 is 9.53 Å². The van der Waals surface area contributed by atoms with E-state index in [0.29, 0.717) is 10.1 Å². The number of nitrogens with zero attached hydrogens (tertiary/aromatic N) is 1. The molecule has 0 saturated carbocycles. The Hall–Kier alpha value is -1.12. The van der Waals surface area contributed by atoms with Gasteiger partial charge in [0.1, 0.15) is 6.07 Å². The fraction of sp³-hybridized carbons (Fsp3) is 0.385. The number of rotatable bonds is 3. The van der Waals surface area contributed by atoms with E-state index in [9.17, 15) is 4.79 Å². The Balaban J connectivity index is 2.03. The monoisotopic (exact) mass is 279 g/mol. The molecule has 1 fully saturated rings. The van der Waals surface area contributed by atoms with Crippen LogP contribution in [0.15, 0.2) is 24.3 Å². The summed E-state index contributed by atoms with van der Waals surface area (Å²) < 4.78 is 5.42. The van der Waals surface area contributed by atoms with Crippen LogP contribution in [0.4, 0.5) is 0 Å². The SMILES string of the molecule is C[C@H](C#N)OC(=O)c1ccc(C2SCCS2)cc1. The fourth-order valence-electron chi connectivity index (χ4n) is 1.58. The average molecular weight is 279 g/mol. The number of nitriles is 1. The highest BCUT2D eigenvalue weighted by Gasteiger charge is 2.19. The van der Waals surface area contributed by atoms with E-state index in [4.69, 9.17) is 10.00 Å². The van der Waals surface area contributed by atoms with Gasteiger partial charge < -0.3 is 4.74 Å². The van der Waals surface area contributed by atoms with Crippen molar-refractivity contribution >= 4 is 29.5 Å². The molecule has 0 radical (unpaired) electrons. The number of esters is 1. The number of benzene rings is 1. The minimum Gasteiger partial charge on any atom is -0.444 e. The van der Waals surface area contributed by atoms with Crippen LogP contribution < -0.4 is 0 Å². The van der Waals surface area contributed by atoms with Gasteiger partial charge in [-0.2, -0.15) is 5.26 Å². The van der Waals surface area contributed by atoms with Gasteiger partial charge in [-0.1, -0.05) is 12.1 Å². The Morgan fingerprint density at radius 1 is 1.39 bits per heavy atom. The topological polar surface area (TPSA) is 50.1 Å². The summed E-state index contributed by atoms with van der Waals surface area (Å²) in [7, 11) is 0. The molecular weight excluding hydrogens is 266 g/mol. The molecule has 1 aromatic carbocycles. The fourth-order valence-corrected chi connectivity index (χ4v) is 4.44. The third-order valence-electron chi connectivity index (χ3n) is 2.51. The van der Waals surface area contributed by atoms with Crippen LogP contribution in [0, 0.1) is 11.3 Å². The van der Waals surface area contributed by atoms with E-state index in [0.717, 1.165) is 0 Å². The van der Waals surface area contributed by atoms with E-state index >= 15 is 0 Å². The summed E-state index contributed by atoms with van der Waals surface area (Å²) in [6.07, 6.45) is -0.710. The molecule has 0 bridgehead atoms. The van der Waals surface area contributed by atoms with Crippen molar-refractivity contribution in [1.29, 1.82) is 5.26 Å². The maximum atomic E-state index is 11.7. The van der Waals surface area contributed by atoms with Crippen molar-refractivity contribution in [3.8, 4) is 6.07 Å². The quantitative estimate of drug-likeness (QED) is 0.795. The van der Waals surface area contributed by atoms with Gasteiger partial charge in [-0.05, 0) is 24.6 Å². The molecule has 3 nitrogen and oxygen atoms in total.